The van der Waals surface area contributed by atoms with Crippen molar-refractivity contribution in [2.24, 2.45) is 0 Å². The molecule has 1 atom stereocenters. The maximum Gasteiger partial charge on any atom is 0.253 e. The minimum absolute atomic E-state index is 0.0755. The number of thiophene rings is 1. The van der Waals surface area contributed by atoms with E-state index in [1.807, 2.05) is 34.2 Å². The molecule has 1 amide bonds. The van der Waals surface area contributed by atoms with Gasteiger partial charge in [0.05, 0.1) is 12.1 Å². The number of nitrogens with one attached hydrogen (secondary N) is 1. The lowest BCUT2D eigenvalue weighted by Crippen LogP contribution is -2.22. The van der Waals surface area contributed by atoms with Gasteiger partial charge in [0.25, 0.3) is 5.91 Å². The van der Waals surface area contributed by atoms with Crippen LogP contribution in [0.3, 0.4) is 0 Å². The van der Waals surface area contributed by atoms with Crippen molar-refractivity contribution in [3.05, 3.63) is 52.1 Å². The first-order valence-corrected chi connectivity index (χ1v) is 8.92. The Balaban J connectivity index is 1.56. The molecule has 0 saturated carbocycles. The van der Waals surface area contributed by atoms with E-state index in [-0.39, 0.29) is 5.91 Å². The van der Waals surface area contributed by atoms with E-state index >= 15 is 0 Å². The van der Waals surface area contributed by atoms with Gasteiger partial charge in [-0.25, -0.2) is 0 Å². The minimum atomic E-state index is -0.0755. The lowest BCUT2D eigenvalue weighted by atomic mass is 10.1. The smallest absolute Gasteiger partial charge is 0.253 e. The summed E-state index contributed by atoms with van der Waals surface area (Å²) >= 11 is 1.64. The number of rotatable bonds is 4. The molecule has 3 aromatic rings. The molecule has 0 radical (unpaired) electrons. The van der Waals surface area contributed by atoms with E-state index < -0.39 is 0 Å². The van der Waals surface area contributed by atoms with Crippen molar-refractivity contribution in [1.82, 2.24) is 24.8 Å². The highest BCUT2D eigenvalue weighted by Crippen LogP contribution is 2.25. The number of likely N-dealkylation sites (tertiary alicyclic amines) is 1. The Morgan fingerprint density at radius 2 is 2.29 bits per heavy atom. The highest BCUT2D eigenvalue weighted by Gasteiger charge is 2.25. The molecule has 1 N–H and O–H groups in total. The van der Waals surface area contributed by atoms with Crippen LogP contribution in [0.1, 0.15) is 33.4 Å². The number of pyridine rings is 1. The number of aromatic nitrogens is 3. The molecule has 1 aliphatic heterocycles. The van der Waals surface area contributed by atoms with Gasteiger partial charge in [-0.1, -0.05) is 6.07 Å². The van der Waals surface area contributed by atoms with Crippen LogP contribution in [0.15, 0.2) is 35.8 Å². The van der Waals surface area contributed by atoms with Crippen LogP contribution in [0.5, 0.6) is 0 Å². The molecule has 1 unspecified atom stereocenters. The average Bonchev–Trinajstić information content (AvgIpc) is 3.32. The number of likely N-dealkylation sites (N-methyl/N-ethyl adjacent to an activating group) is 1. The molecule has 4 heterocycles. The number of fused-ring (bicyclic) bond motifs is 1. The lowest BCUT2D eigenvalue weighted by molar-refractivity contribution is 0.0951. The van der Waals surface area contributed by atoms with Gasteiger partial charge in [0.1, 0.15) is 5.82 Å². The van der Waals surface area contributed by atoms with Crippen molar-refractivity contribution in [3.8, 4) is 0 Å². The molecule has 7 heteroatoms. The fourth-order valence-electron chi connectivity index (χ4n) is 3.15. The van der Waals surface area contributed by atoms with Crippen LogP contribution < -0.4 is 5.32 Å². The van der Waals surface area contributed by atoms with Gasteiger partial charge >= 0.3 is 0 Å². The van der Waals surface area contributed by atoms with E-state index in [0.717, 1.165) is 35.9 Å². The molecule has 24 heavy (non-hydrogen) atoms. The normalized spacial score (nSPS) is 18.3. The second kappa shape index (κ2) is 6.33. The quantitative estimate of drug-likeness (QED) is 0.790. The maximum atomic E-state index is 12.4. The van der Waals surface area contributed by atoms with Crippen LogP contribution in [0.2, 0.25) is 0 Å². The maximum absolute atomic E-state index is 12.4. The molecule has 3 aromatic heterocycles. The molecule has 0 bridgehead atoms. The first-order valence-electron chi connectivity index (χ1n) is 8.04. The van der Waals surface area contributed by atoms with Crippen LogP contribution in [-0.4, -0.2) is 45.5 Å². The Labute approximate surface area is 144 Å². The average molecular weight is 341 g/mol. The zero-order chi connectivity index (χ0) is 16.5. The molecular weight excluding hydrogens is 322 g/mol. The van der Waals surface area contributed by atoms with Crippen molar-refractivity contribution < 1.29 is 4.79 Å². The predicted octanol–water partition coefficient (Wildman–Crippen LogP) is 2.14. The van der Waals surface area contributed by atoms with Gasteiger partial charge in [0.2, 0.25) is 0 Å². The highest BCUT2D eigenvalue weighted by molar-refractivity contribution is 7.09. The van der Waals surface area contributed by atoms with Gasteiger partial charge in [-0.05, 0) is 43.6 Å². The van der Waals surface area contributed by atoms with E-state index in [4.69, 9.17) is 0 Å². The molecule has 1 aliphatic rings. The first-order chi connectivity index (χ1) is 11.7. The number of hydrogen-bond donors (Lipinski definition) is 1. The third-order valence-corrected chi connectivity index (χ3v) is 5.33. The molecule has 0 spiro atoms. The number of nitrogens with zero attached hydrogens (tertiary/aromatic N) is 4. The summed E-state index contributed by atoms with van der Waals surface area (Å²) in [5.41, 5.74) is 1.42. The van der Waals surface area contributed by atoms with Gasteiger partial charge < -0.3 is 10.2 Å². The van der Waals surface area contributed by atoms with Crippen molar-refractivity contribution in [2.75, 3.05) is 20.1 Å². The highest BCUT2D eigenvalue weighted by atomic mass is 32.1. The number of carbonyl (C=O) groups excluding carboxylic acids is 1. The second-order valence-corrected chi connectivity index (χ2v) is 7.25. The van der Waals surface area contributed by atoms with Crippen LogP contribution >= 0.6 is 11.3 Å². The van der Waals surface area contributed by atoms with Crippen molar-refractivity contribution in [1.29, 1.82) is 0 Å². The SMILES string of the molecule is CN1CCC(c2nnc3ccc(C(=O)NCc4cccs4)cn23)C1. The molecule has 4 rings (SSSR count). The van der Waals surface area contributed by atoms with Crippen LogP contribution in [0.25, 0.3) is 5.65 Å². The third kappa shape index (κ3) is 2.92. The Morgan fingerprint density at radius 3 is 3.04 bits per heavy atom. The lowest BCUT2D eigenvalue weighted by Gasteiger charge is -2.09. The van der Waals surface area contributed by atoms with E-state index in [9.17, 15) is 4.79 Å². The van der Waals surface area contributed by atoms with E-state index in [1.165, 1.54) is 0 Å². The Morgan fingerprint density at radius 1 is 1.38 bits per heavy atom. The molecule has 0 aromatic carbocycles. The summed E-state index contributed by atoms with van der Waals surface area (Å²) in [7, 11) is 2.12. The fraction of sp³-hybridized carbons (Fsp3) is 0.353. The third-order valence-electron chi connectivity index (χ3n) is 4.45. The minimum Gasteiger partial charge on any atom is -0.347 e. The number of hydrogen-bond acceptors (Lipinski definition) is 5. The summed E-state index contributed by atoms with van der Waals surface area (Å²) < 4.78 is 1.96. The van der Waals surface area contributed by atoms with Gasteiger partial charge in [-0.3, -0.25) is 9.20 Å². The summed E-state index contributed by atoms with van der Waals surface area (Å²) in [6.45, 7) is 2.60. The summed E-state index contributed by atoms with van der Waals surface area (Å²) in [5.74, 6) is 1.24. The van der Waals surface area contributed by atoms with Crippen molar-refractivity contribution in [2.45, 2.75) is 18.9 Å². The zero-order valence-electron chi connectivity index (χ0n) is 13.5. The monoisotopic (exact) mass is 341 g/mol. The van der Waals surface area contributed by atoms with Crippen LogP contribution in [-0.2, 0) is 6.54 Å². The van der Waals surface area contributed by atoms with Crippen molar-refractivity contribution in [3.63, 3.8) is 0 Å². The Kier molecular flexibility index (Phi) is 4.03. The van der Waals surface area contributed by atoms with Gasteiger partial charge in [0.15, 0.2) is 5.65 Å². The Bertz CT molecular complexity index is 857. The zero-order valence-corrected chi connectivity index (χ0v) is 14.3. The van der Waals surface area contributed by atoms with E-state index in [1.54, 1.807) is 17.4 Å². The van der Waals surface area contributed by atoms with Crippen molar-refractivity contribution >= 4 is 22.9 Å². The molecule has 1 saturated heterocycles. The summed E-state index contributed by atoms with van der Waals surface area (Å²) in [5, 5.41) is 13.6. The fourth-order valence-corrected chi connectivity index (χ4v) is 3.79. The molecule has 0 aliphatic carbocycles. The van der Waals surface area contributed by atoms with Crippen LogP contribution in [0, 0.1) is 0 Å². The van der Waals surface area contributed by atoms with E-state index in [2.05, 4.69) is 27.5 Å². The van der Waals surface area contributed by atoms with Gasteiger partial charge in [0, 0.05) is 23.5 Å². The van der Waals surface area contributed by atoms with Gasteiger partial charge in [-0.15, -0.1) is 21.5 Å². The standard InChI is InChI=1S/C17H19N5OS/c1-21-7-6-12(10-21)16-20-19-15-5-4-13(11-22(15)16)17(23)18-9-14-3-2-8-24-14/h2-5,8,11-12H,6-7,9-10H2,1H3,(H,18,23). The van der Waals surface area contributed by atoms with Crippen LogP contribution in [0.4, 0.5) is 0 Å². The Hall–Kier alpha value is -2.25. The first kappa shape index (κ1) is 15.3. The van der Waals surface area contributed by atoms with E-state index in [0.29, 0.717) is 18.0 Å². The summed E-state index contributed by atoms with van der Waals surface area (Å²) in [6.07, 6.45) is 2.93. The topological polar surface area (TPSA) is 62.5 Å². The molecule has 6 nitrogen and oxygen atoms in total. The largest absolute Gasteiger partial charge is 0.347 e. The van der Waals surface area contributed by atoms with Gasteiger partial charge in [-0.2, -0.15) is 0 Å². The second-order valence-electron chi connectivity index (χ2n) is 6.21. The number of carbonyl (C=O) groups is 1. The molecule has 124 valence electrons. The number of amides is 1. The molecule has 1 fully saturated rings. The molecular formula is C17H19N5OS. The summed E-state index contributed by atoms with van der Waals surface area (Å²) in [6, 6.07) is 7.66. The summed E-state index contributed by atoms with van der Waals surface area (Å²) in [4.78, 5) is 15.9. The predicted molar refractivity (Wildman–Crippen MR) is 93.3 cm³/mol.